The zero-order chi connectivity index (χ0) is 12.0. The molecular formula is C13H11BO2Se. The van der Waals surface area contributed by atoms with Crippen LogP contribution in [0.2, 0.25) is 0 Å². The predicted molar refractivity (Wildman–Crippen MR) is 73.0 cm³/mol. The molecule has 3 aromatic rings. The zero-order valence-electron chi connectivity index (χ0n) is 9.34. The molecule has 3 rings (SSSR count). The van der Waals surface area contributed by atoms with Crippen molar-refractivity contribution < 1.29 is 10.0 Å². The quantitative estimate of drug-likeness (QED) is 0.657. The van der Waals surface area contributed by atoms with E-state index >= 15 is 0 Å². The van der Waals surface area contributed by atoms with Crippen LogP contribution in [0.5, 0.6) is 0 Å². The number of rotatable bonds is 1. The molecule has 17 heavy (non-hydrogen) atoms. The average molecular weight is 289 g/mol. The predicted octanol–water partition coefficient (Wildman–Crippen LogP) is 1.04. The Kier molecular flexibility index (Phi) is 2.60. The molecule has 2 aromatic carbocycles. The summed E-state index contributed by atoms with van der Waals surface area (Å²) < 4.78 is 2.43. The molecule has 0 unspecified atom stereocenters. The van der Waals surface area contributed by atoms with Crippen molar-refractivity contribution >= 4 is 46.4 Å². The van der Waals surface area contributed by atoms with E-state index in [0.717, 1.165) is 9.82 Å². The third-order valence-corrected chi connectivity index (χ3v) is 5.52. The Morgan fingerprint density at radius 3 is 2.59 bits per heavy atom. The Bertz CT molecular complexity index is 703. The van der Waals surface area contributed by atoms with Gasteiger partial charge in [0.1, 0.15) is 0 Å². The Morgan fingerprint density at radius 2 is 1.82 bits per heavy atom. The first kappa shape index (κ1) is 11.1. The van der Waals surface area contributed by atoms with Gasteiger partial charge in [-0.1, -0.05) is 0 Å². The van der Waals surface area contributed by atoms with Crippen LogP contribution in [0, 0.1) is 6.92 Å². The van der Waals surface area contributed by atoms with Gasteiger partial charge in [-0.2, -0.15) is 0 Å². The van der Waals surface area contributed by atoms with Crippen LogP contribution in [0.3, 0.4) is 0 Å². The zero-order valence-corrected chi connectivity index (χ0v) is 11.1. The fraction of sp³-hybridized carbons (Fsp3) is 0.0769. The molecule has 0 aliphatic carbocycles. The molecule has 2 nitrogen and oxygen atoms in total. The van der Waals surface area contributed by atoms with Crippen LogP contribution < -0.4 is 5.46 Å². The Balaban J connectivity index is 2.51. The van der Waals surface area contributed by atoms with Crippen molar-refractivity contribution in [1.82, 2.24) is 0 Å². The summed E-state index contributed by atoms with van der Waals surface area (Å²) in [4.78, 5) is 0. The third-order valence-electron chi connectivity index (χ3n) is 2.93. The maximum absolute atomic E-state index is 9.46. The second kappa shape index (κ2) is 4.00. The van der Waals surface area contributed by atoms with Crippen molar-refractivity contribution in [2.75, 3.05) is 0 Å². The van der Waals surface area contributed by atoms with E-state index in [1.165, 1.54) is 15.0 Å². The van der Waals surface area contributed by atoms with Crippen molar-refractivity contribution in [2.45, 2.75) is 6.92 Å². The van der Waals surface area contributed by atoms with Gasteiger partial charge >= 0.3 is 105 Å². The summed E-state index contributed by atoms with van der Waals surface area (Å²) in [7, 11) is -1.38. The molecule has 0 amide bonds. The summed E-state index contributed by atoms with van der Waals surface area (Å²) in [5.74, 6) is 0. The van der Waals surface area contributed by atoms with Gasteiger partial charge in [-0.05, 0) is 0 Å². The van der Waals surface area contributed by atoms with Crippen molar-refractivity contribution in [1.29, 1.82) is 0 Å². The molecule has 0 spiro atoms. The van der Waals surface area contributed by atoms with Crippen LogP contribution in [0.25, 0.3) is 19.3 Å². The summed E-state index contributed by atoms with van der Waals surface area (Å²) in [6, 6.07) is 12.3. The van der Waals surface area contributed by atoms with E-state index < -0.39 is 7.12 Å². The Labute approximate surface area is 105 Å². The van der Waals surface area contributed by atoms with E-state index in [9.17, 15) is 10.0 Å². The second-order valence-electron chi connectivity index (χ2n) is 4.20. The van der Waals surface area contributed by atoms with E-state index in [1.54, 1.807) is 0 Å². The fourth-order valence-electron chi connectivity index (χ4n) is 2.20. The Morgan fingerprint density at radius 1 is 1.06 bits per heavy atom. The summed E-state index contributed by atoms with van der Waals surface area (Å²) in [6.07, 6.45) is 0. The van der Waals surface area contributed by atoms with Crippen molar-refractivity contribution in [2.24, 2.45) is 0 Å². The summed E-state index contributed by atoms with van der Waals surface area (Å²) >= 11 is 0.179. The van der Waals surface area contributed by atoms with Gasteiger partial charge < -0.3 is 0 Å². The molecule has 1 heterocycles. The van der Waals surface area contributed by atoms with Gasteiger partial charge in [0.15, 0.2) is 0 Å². The molecular weight excluding hydrogens is 278 g/mol. The first-order chi connectivity index (χ1) is 8.16. The third kappa shape index (κ3) is 1.74. The van der Waals surface area contributed by atoms with Gasteiger partial charge in [-0.15, -0.1) is 0 Å². The molecule has 0 aliphatic rings. The van der Waals surface area contributed by atoms with E-state index in [0.29, 0.717) is 5.46 Å². The molecule has 84 valence electrons. The minimum absolute atomic E-state index is 0.179. The molecule has 0 aliphatic heterocycles. The standard InChI is InChI=1S/C13H11BO2Se/c1-8-6-10-9-4-2-3-5-12(9)17-13(10)11(7-8)14(15)16/h2-7,15-16H,1H3. The van der Waals surface area contributed by atoms with Crippen molar-refractivity contribution in [3.05, 3.63) is 42.0 Å². The van der Waals surface area contributed by atoms with E-state index in [4.69, 9.17) is 0 Å². The molecule has 2 N–H and O–H groups in total. The molecule has 0 atom stereocenters. The molecule has 0 saturated carbocycles. The topological polar surface area (TPSA) is 40.5 Å². The van der Waals surface area contributed by atoms with E-state index in [1.807, 2.05) is 25.1 Å². The first-order valence-electron chi connectivity index (χ1n) is 5.45. The molecule has 1 aromatic heterocycles. The number of hydrogen-bond acceptors (Lipinski definition) is 2. The van der Waals surface area contributed by atoms with Gasteiger partial charge in [-0.3, -0.25) is 0 Å². The average Bonchev–Trinajstić information content (AvgIpc) is 2.66. The van der Waals surface area contributed by atoms with Gasteiger partial charge in [0.25, 0.3) is 0 Å². The summed E-state index contributed by atoms with van der Waals surface area (Å²) in [5, 5.41) is 21.3. The number of fused-ring (bicyclic) bond motifs is 3. The van der Waals surface area contributed by atoms with Gasteiger partial charge in [0.05, 0.1) is 0 Å². The van der Waals surface area contributed by atoms with Crippen molar-refractivity contribution in [3.63, 3.8) is 0 Å². The van der Waals surface area contributed by atoms with E-state index in [-0.39, 0.29) is 14.5 Å². The summed E-state index contributed by atoms with van der Waals surface area (Å²) in [5.41, 5.74) is 1.73. The van der Waals surface area contributed by atoms with Crippen LogP contribution in [0.1, 0.15) is 5.56 Å². The van der Waals surface area contributed by atoms with Crippen LogP contribution in [-0.4, -0.2) is 31.7 Å². The molecule has 0 saturated heterocycles. The molecule has 0 radical (unpaired) electrons. The van der Waals surface area contributed by atoms with E-state index in [2.05, 4.69) is 18.2 Å². The molecule has 4 heteroatoms. The molecule has 0 fully saturated rings. The van der Waals surface area contributed by atoms with Crippen LogP contribution in [0.15, 0.2) is 36.4 Å². The monoisotopic (exact) mass is 290 g/mol. The van der Waals surface area contributed by atoms with Gasteiger partial charge in [0.2, 0.25) is 0 Å². The minimum atomic E-state index is -1.38. The number of aryl methyl sites for hydroxylation is 1. The molecule has 0 bridgehead atoms. The SMILES string of the molecule is Cc1cc(B(O)O)c2[se]c3ccccc3c2c1. The Hall–Kier alpha value is -1.06. The van der Waals surface area contributed by atoms with Gasteiger partial charge in [-0.25, -0.2) is 0 Å². The first-order valence-corrected chi connectivity index (χ1v) is 7.16. The van der Waals surface area contributed by atoms with Crippen molar-refractivity contribution in [3.8, 4) is 0 Å². The summed E-state index contributed by atoms with van der Waals surface area (Å²) in [6.45, 7) is 1.99. The maximum atomic E-state index is 9.46. The van der Waals surface area contributed by atoms with Gasteiger partial charge in [0, 0.05) is 0 Å². The van der Waals surface area contributed by atoms with Crippen LogP contribution >= 0.6 is 0 Å². The van der Waals surface area contributed by atoms with Crippen LogP contribution in [-0.2, 0) is 0 Å². The van der Waals surface area contributed by atoms with Crippen LogP contribution in [0.4, 0.5) is 0 Å². The fourth-order valence-corrected chi connectivity index (χ4v) is 4.75. The second-order valence-corrected chi connectivity index (χ2v) is 6.41. The number of benzene rings is 2. The number of hydrogen-bond donors (Lipinski definition) is 2. The normalized spacial score (nSPS) is 11.2.